The maximum absolute atomic E-state index is 12.1. The van der Waals surface area contributed by atoms with Gasteiger partial charge in [-0.25, -0.2) is 0 Å². The minimum absolute atomic E-state index is 0.147. The fourth-order valence-corrected chi connectivity index (χ4v) is 9.19. The van der Waals surface area contributed by atoms with E-state index in [2.05, 4.69) is 41.5 Å². The predicted molar refractivity (Wildman–Crippen MR) is 129 cm³/mol. The van der Waals surface area contributed by atoms with Crippen LogP contribution in [0.15, 0.2) is 11.6 Å². The van der Waals surface area contributed by atoms with Crippen LogP contribution in [0.3, 0.4) is 0 Å². The minimum atomic E-state index is -0.251. The van der Waals surface area contributed by atoms with Crippen LogP contribution in [0.25, 0.3) is 0 Å². The van der Waals surface area contributed by atoms with Gasteiger partial charge in [0.25, 0.3) is 0 Å². The van der Waals surface area contributed by atoms with E-state index >= 15 is 0 Å². The Hall–Kier alpha value is -0.630. The molecule has 176 valence electrons. The van der Waals surface area contributed by atoms with Crippen LogP contribution >= 0.6 is 0 Å². The van der Waals surface area contributed by atoms with Gasteiger partial charge in [-0.1, -0.05) is 60.0 Å². The van der Waals surface area contributed by atoms with Crippen molar-refractivity contribution < 1.29 is 9.90 Å². The SMILES string of the molecule is CCC(CC[C@@H](C)C1CCC2C3C(O)CC4=CC(=O)CCC4(C)C3CCC21C)C(C)C. The molecule has 31 heavy (non-hydrogen) atoms. The molecule has 0 amide bonds. The van der Waals surface area contributed by atoms with Crippen LogP contribution in [0.2, 0.25) is 0 Å². The second kappa shape index (κ2) is 8.62. The Morgan fingerprint density at radius 3 is 2.48 bits per heavy atom. The van der Waals surface area contributed by atoms with Gasteiger partial charge < -0.3 is 5.11 Å². The molecule has 4 aliphatic rings. The number of fused-ring (bicyclic) bond motifs is 5. The van der Waals surface area contributed by atoms with E-state index in [1.54, 1.807) is 0 Å². The monoisotopic (exact) mass is 428 g/mol. The Bertz CT molecular complexity index is 708. The zero-order valence-electron chi connectivity index (χ0n) is 21.1. The number of carbonyl (C=O) groups excluding carboxylic acids is 1. The molecule has 4 aliphatic carbocycles. The molecule has 0 heterocycles. The van der Waals surface area contributed by atoms with Gasteiger partial charge in [-0.3, -0.25) is 4.79 Å². The van der Waals surface area contributed by atoms with Crippen molar-refractivity contribution in [2.24, 2.45) is 52.3 Å². The average Bonchev–Trinajstić information content (AvgIpc) is 3.06. The van der Waals surface area contributed by atoms with Gasteiger partial charge in [0, 0.05) is 6.42 Å². The molecular weight excluding hydrogens is 380 g/mol. The lowest BCUT2D eigenvalue weighted by Crippen LogP contribution is -2.55. The molecule has 0 saturated heterocycles. The first-order valence-corrected chi connectivity index (χ1v) is 13.5. The second-order valence-corrected chi connectivity index (χ2v) is 12.8. The van der Waals surface area contributed by atoms with E-state index in [0.717, 1.165) is 36.5 Å². The zero-order valence-corrected chi connectivity index (χ0v) is 21.1. The summed E-state index contributed by atoms with van der Waals surface area (Å²) < 4.78 is 0. The van der Waals surface area contributed by atoms with Crippen molar-refractivity contribution in [2.45, 2.75) is 112 Å². The van der Waals surface area contributed by atoms with E-state index in [0.29, 0.717) is 29.6 Å². The van der Waals surface area contributed by atoms with Crippen molar-refractivity contribution in [3.8, 4) is 0 Å². The summed E-state index contributed by atoms with van der Waals surface area (Å²) in [5.41, 5.74) is 1.81. The highest BCUT2D eigenvalue weighted by Gasteiger charge is 2.61. The Balaban J connectivity index is 1.52. The Morgan fingerprint density at radius 2 is 1.81 bits per heavy atom. The summed E-state index contributed by atoms with van der Waals surface area (Å²) in [4.78, 5) is 12.1. The number of aliphatic hydroxyl groups is 1. The van der Waals surface area contributed by atoms with Crippen LogP contribution in [0.5, 0.6) is 0 Å². The number of hydrogen-bond donors (Lipinski definition) is 1. The fourth-order valence-electron chi connectivity index (χ4n) is 9.19. The highest BCUT2D eigenvalue weighted by molar-refractivity contribution is 5.91. The summed E-state index contributed by atoms with van der Waals surface area (Å²) in [6.07, 6.45) is 13.4. The van der Waals surface area contributed by atoms with Crippen LogP contribution in [-0.2, 0) is 4.79 Å². The molecule has 0 aliphatic heterocycles. The third kappa shape index (κ3) is 3.87. The predicted octanol–water partition coefficient (Wildman–Crippen LogP) is 7.20. The molecule has 3 saturated carbocycles. The summed E-state index contributed by atoms with van der Waals surface area (Å²) in [5, 5.41) is 11.3. The van der Waals surface area contributed by atoms with E-state index in [1.807, 2.05) is 6.08 Å². The minimum Gasteiger partial charge on any atom is -0.392 e. The summed E-state index contributed by atoms with van der Waals surface area (Å²) >= 11 is 0. The molecule has 3 fully saturated rings. The van der Waals surface area contributed by atoms with Crippen molar-refractivity contribution in [2.75, 3.05) is 0 Å². The number of hydrogen-bond acceptors (Lipinski definition) is 2. The van der Waals surface area contributed by atoms with Crippen LogP contribution in [0.1, 0.15) is 106 Å². The molecular formula is C29H48O2. The summed E-state index contributed by atoms with van der Waals surface area (Å²) in [5.74, 6) is 5.20. The normalized spacial score (nSPS) is 44.3. The number of ketones is 1. The van der Waals surface area contributed by atoms with E-state index in [9.17, 15) is 9.90 Å². The van der Waals surface area contributed by atoms with E-state index in [-0.39, 0.29) is 17.3 Å². The molecule has 0 aromatic carbocycles. The molecule has 2 heteroatoms. The van der Waals surface area contributed by atoms with Gasteiger partial charge in [-0.05, 0) is 103 Å². The van der Waals surface area contributed by atoms with Crippen molar-refractivity contribution in [3.05, 3.63) is 11.6 Å². The summed E-state index contributed by atoms with van der Waals surface area (Å²) in [7, 11) is 0. The summed E-state index contributed by atoms with van der Waals surface area (Å²) in [6.45, 7) is 14.7. The maximum Gasteiger partial charge on any atom is 0.155 e. The maximum atomic E-state index is 12.1. The van der Waals surface area contributed by atoms with Crippen LogP contribution in [-0.4, -0.2) is 17.0 Å². The highest BCUT2D eigenvalue weighted by atomic mass is 16.3. The molecule has 4 rings (SSSR count). The molecule has 1 N–H and O–H groups in total. The van der Waals surface area contributed by atoms with Gasteiger partial charge in [-0.2, -0.15) is 0 Å². The summed E-state index contributed by atoms with van der Waals surface area (Å²) in [6, 6.07) is 0. The molecule has 8 unspecified atom stereocenters. The van der Waals surface area contributed by atoms with Crippen molar-refractivity contribution in [1.29, 1.82) is 0 Å². The number of aliphatic hydroxyl groups excluding tert-OH is 1. The van der Waals surface area contributed by atoms with Crippen LogP contribution in [0.4, 0.5) is 0 Å². The van der Waals surface area contributed by atoms with E-state index < -0.39 is 0 Å². The van der Waals surface area contributed by atoms with Crippen LogP contribution in [0, 0.1) is 52.3 Å². The second-order valence-electron chi connectivity index (χ2n) is 12.8. The topological polar surface area (TPSA) is 37.3 Å². The quantitative estimate of drug-likeness (QED) is 0.485. The third-order valence-corrected chi connectivity index (χ3v) is 11.2. The largest absolute Gasteiger partial charge is 0.392 e. The Kier molecular flexibility index (Phi) is 6.54. The first-order chi connectivity index (χ1) is 14.6. The Labute approximate surface area is 191 Å². The van der Waals surface area contributed by atoms with Gasteiger partial charge >= 0.3 is 0 Å². The first-order valence-electron chi connectivity index (χ1n) is 13.5. The average molecular weight is 429 g/mol. The van der Waals surface area contributed by atoms with Gasteiger partial charge in [0.1, 0.15) is 0 Å². The van der Waals surface area contributed by atoms with Crippen molar-refractivity contribution in [1.82, 2.24) is 0 Å². The lowest BCUT2D eigenvalue weighted by Gasteiger charge is -2.60. The number of rotatable bonds is 6. The lowest BCUT2D eigenvalue weighted by molar-refractivity contribution is -0.124. The van der Waals surface area contributed by atoms with E-state index in [1.165, 1.54) is 50.5 Å². The van der Waals surface area contributed by atoms with Crippen molar-refractivity contribution >= 4 is 5.78 Å². The van der Waals surface area contributed by atoms with Gasteiger partial charge in [-0.15, -0.1) is 0 Å². The van der Waals surface area contributed by atoms with Crippen molar-refractivity contribution in [3.63, 3.8) is 0 Å². The number of carbonyl (C=O) groups is 1. The van der Waals surface area contributed by atoms with E-state index in [4.69, 9.17) is 0 Å². The smallest absolute Gasteiger partial charge is 0.155 e. The van der Waals surface area contributed by atoms with Crippen LogP contribution < -0.4 is 0 Å². The molecule has 0 bridgehead atoms. The van der Waals surface area contributed by atoms with Gasteiger partial charge in [0.05, 0.1) is 6.10 Å². The molecule has 0 spiro atoms. The molecule has 0 radical (unpaired) electrons. The molecule has 0 aromatic heterocycles. The van der Waals surface area contributed by atoms with Gasteiger partial charge in [0.15, 0.2) is 5.78 Å². The molecule has 0 aromatic rings. The third-order valence-electron chi connectivity index (χ3n) is 11.2. The standard InChI is InChI=1S/C29H48O2/c1-7-20(18(2)3)9-8-19(4)23-10-11-24-27-25(13-15-29(23,24)6)28(5)14-12-22(30)16-21(28)17-26(27)31/h16,18-20,23-27,31H,7-15,17H2,1-6H3/t19-,20?,23?,24?,25?,26?,27?,28?,29?/m1/s1. The highest BCUT2D eigenvalue weighted by Crippen LogP contribution is 2.67. The first kappa shape index (κ1) is 23.5. The van der Waals surface area contributed by atoms with Gasteiger partial charge in [0.2, 0.25) is 0 Å². The molecule has 9 atom stereocenters. The zero-order chi connectivity index (χ0) is 22.6. The fraction of sp³-hybridized carbons (Fsp3) is 0.897. The lowest BCUT2D eigenvalue weighted by atomic mass is 9.45. The molecule has 2 nitrogen and oxygen atoms in total. The Morgan fingerprint density at radius 1 is 1.06 bits per heavy atom.